The van der Waals surface area contributed by atoms with Crippen molar-refractivity contribution < 1.29 is 19.2 Å². The molecule has 0 fully saturated rings. The van der Waals surface area contributed by atoms with E-state index >= 15 is 0 Å². The van der Waals surface area contributed by atoms with Crippen LogP contribution in [-0.2, 0) is 9.59 Å². The van der Waals surface area contributed by atoms with E-state index in [0.29, 0.717) is 11.4 Å². The maximum atomic E-state index is 12.9. The van der Waals surface area contributed by atoms with Gasteiger partial charge in [0.15, 0.2) is 12.4 Å². The van der Waals surface area contributed by atoms with E-state index in [1.165, 1.54) is 23.1 Å². The van der Waals surface area contributed by atoms with Crippen LogP contribution in [0.1, 0.15) is 13.8 Å². The summed E-state index contributed by atoms with van der Waals surface area (Å²) in [5.41, 5.74) is -0.432. The quantitative estimate of drug-likeness (QED) is 0.637. The van der Waals surface area contributed by atoms with Crippen molar-refractivity contribution in [3.8, 4) is 5.75 Å². The van der Waals surface area contributed by atoms with Crippen molar-refractivity contribution in [2.24, 2.45) is 0 Å². The average Bonchev–Trinajstić information content (AvgIpc) is 2.60. The van der Waals surface area contributed by atoms with Crippen LogP contribution in [0.5, 0.6) is 5.75 Å². The molecule has 1 heterocycles. The monoisotopic (exact) mass is 389 g/mol. The summed E-state index contributed by atoms with van der Waals surface area (Å²) in [5, 5.41) is 14.1. The number of nitrogens with one attached hydrogen (secondary N) is 1. The molecule has 0 bridgehead atoms. The number of amides is 2. The fourth-order valence-electron chi connectivity index (χ4n) is 2.86. The first-order valence-electron chi connectivity index (χ1n) is 8.02. The molecular weight excluding hydrogens is 374 g/mol. The first-order valence-corrected chi connectivity index (χ1v) is 8.40. The molecule has 0 radical (unpaired) electrons. The Bertz CT molecular complexity index is 944. The normalized spacial score (nSPS) is 14.9. The number of nitrogens with zero attached hydrogens (tertiary/aromatic N) is 2. The van der Waals surface area contributed by atoms with Gasteiger partial charge in [-0.3, -0.25) is 24.6 Å². The van der Waals surface area contributed by atoms with Gasteiger partial charge in [0.25, 0.3) is 5.91 Å². The molecule has 0 saturated heterocycles. The van der Waals surface area contributed by atoms with Crippen LogP contribution in [0.15, 0.2) is 42.5 Å². The molecule has 0 aliphatic carbocycles. The Morgan fingerprint density at radius 1 is 1.30 bits per heavy atom. The van der Waals surface area contributed by atoms with Crippen molar-refractivity contribution in [1.29, 1.82) is 0 Å². The fourth-order valence-corrected chi connectivity index (χ4v) is 3.02. The number of nitro groups is 1. The summed E-state index contributed by atoms with van der Waals surface area (Å²) in [6.07, 6.45) is 0. The zero-order chi connectivity index (χ0) is 19.8. The van der Waals surface area contributed by atoms with E-state index in [2.05, 4.69) is 5.32 Å². The Morgan fingerprint density at radius 2 is 2.00 bits per heavy atom. The number of hydrogen-bond acceptors (Lipinski definition) is 5. The van der Waals surface area contributed by atoms with Gasteiger partial charge >= 0.3 is 5.69 Å². The van der Waals surface area contributed by atoms with Crippen molar-refractivity contribution in [1.82, 2.24) is 0 Å². The molecule has 0 atom stereocenters. The molecule has 0 aromatic heterocycles. The predicted molar refractivity (Wildman–Crippen MR) is 100 cm³/mol. The molecule has 1 aliphatic rings. The number of anilines is 2. The zero-order valence-electron chi connectivity index (χ0n) is 14.6. The van der Waals surface area contributed by atoms with Crippen LogP contribution < -0.4 is 15.0 Å². The van der Waals surface area contributed by atoms with Crippen LogP contribution in [-0.4, -0.2) is 28.9 Å². The van der Waals surface area contributed by atoms with E-state index in [9.17, 15) is 19.7 Å². The molecule has 2 aromatic rings. The van der Waals surface area contributed by atoms with Gasteiger partial charge in [-0.1, -0.05) is 23.7 Å². The summed E-state index contributed by atoms with van der Waals surface area (Å²) in [6, 6.07) is 10.7. The van der Waals surface area contributed by atoms with Gasteiger partial charge in [0.2, 0.25) is 5.91 Å². The molecule has 27 heavy (non-hydrogen) atoms. The van der Waals surface area contributed by atoms with Gasteiger partial charge in [0, 0.05) is 17.2 Å². The van der Waals surface area contributed by atoms with E-state index < -0.39 is 23.0 Å². The van der Waals surface area contributed by atoms with Gasteiger partial charge in [0.05, 0.1) is 16.3 Å². The first-order chi connectivity index (χ1) is 12.7. The second-order valence-corrected chi connectivity index (χ2v) is 6.85. The van der Waals surface area contributed by atoms with Gasteiger partial charge in [-0.05, 0) is 32.0 Å². The molecule has 3 rings (SSSR count). The van der Waals surface area contributed by atoms with Crippen molar-refractivity contribution in [2.45, 2.75) is 19.4 Å². The molecule has 0 spiro atoms. The number of halogens is 1. The Hall–Kier alpha value is -3.13. The number of carbonyl (C=O) groups excluding carboxylic acids is 2. The molecule has 9 heteroatoms. The number of rotatable bonds is 4. The van der Waals surface area contributed by atoms with Crippen molar-refractivity contribution in [2.75, 3.05) is 16.8 Å². The Labute approximate surface area is 159 Å². The topological polar surface area (TPSA) is 102 Å². The van der Waals surface area contributed by atoms with Gasteiger partial charge in [0.1, 0.15) is 5.54 Å². The van der Waals surface area contributed by atoms with Crippen molar-refractivity contribution >= 4 is 40.5 Å². The molecule has 8 nitrogen and oxygen atoms in total. The van der Waals surface area contributed by atoms with Crippen molar-refractivity contribution in [3.05, 3.63) is 57.6 Å². The van der Waals surface area contributed by atoms with Gasteiger partial charge in [-0.15, -0.1) is 0 Å². The lowest BCUT2D eigenvalue weighted by atomic mass is 9.96. The summed E-state index contributed by atoms with van der Waals surface area (Å²) >= 11 is 5.87. The van der Waals surface area contributed by atoms with Crippen LogP contribution >= 0.6 is 11.6 Å². The van der Waals surface area contributed by atoms with E-state index in [-0.39, 0.29) is 22.4 Å². The average molecular weight is 390 g/mol. The molecule has 1 N–H and O–H groups in total. The fraction of sp³-hybridized carbons (Fsp3) is 0.222. The first kappa shape index (κ1) is 18.7. The zero-order valence-corrected chi connectivity index (χ0v) is 15.3. The lowest BCUT2D eigenvalue weighted by molar-refractivity contribution is -0.385. The SMILES string of the molecule is CC1(C)C(=O)Nc2ccccc2N1C(=O)COc1cc(Cl)ccc1[N+](=O)[O-]. The summed E-state index contributed by atoms with van der Waals surface area (Å²) < 4.78 is 5.39. The second-order valence-electron chi connectivity index (χ2n) is 6.42. The lowest BCUT2D eigenvalue weighted by Crippen LogP contribution is -2.59. The molecule has 2 amide bonds. The van der Waals surface area contributed by atoms with Gasteiger partial charge in [-0.2, -0.15) is 0 Å². The Balaban J connectivity index is 1.89. The van der Waals surface area contributed by atoms with Crippen LogP contribution in [0.25, 0.3) is 0 Å². The maximum Gasteiger partial charge on any atom is 0.311 e. The number of nitro benzene ring substituents is 1. The van der Waals surface area contributed by atoms with E-state index in [0.717, 1.165) is 0 Å². The number of carbonyl (C=O) groups is 2. The third kappa shape index (κ3) is 3.43. The molecule has 0 saturated carbocycles. The number of benzene rings is 2. The second kappa shape index (κ2) is 6.88. The summed E-state index contributed by atoms with van der Waals surface area (Å²) in [4.78, 5) is 37.1. The summed E-state index contributed by atoms with van der Waals surface area (Å²) in [6.45, 7) is 2.72. The minimum atomic E-state index is -1.16. The largest absolute Gasteiger partial charge is 0.477 e. The van der Waals surface area contributed by atoms with Crippen LogP contribution in [0.2, 0.25) is 5.02 Å². The minimum Gasteiger partial charge on any atom is -0.477 e. The van der Waals surface area contributed by atoms with E-state index in [1.54, 1.807) is 38.1 Å². The highest BCUT2D eigenvalue weighted by Crippen LogP contribution is 2.37. The highest BCUT2D eigenvalue weighted by Gasteiger charge is 2.43. The summed E-state index contributed by atoms with van der Waals surface area (Å²) in [7, 11) is 0. The van der Waals surface area contributed by atoms with E-state index in [4.69, 9.17) is 16.3 Å². The Morgan fingerprint density at radius 3 is 2.70 bits per heavy atom. The number of fused-ring (bicyclic) bond motifs is 1. The summed E-state index contributed by atoms with van der Waals surface area (Å²) in [5.74, 6) is -0.978. The number of ether oxygens (including phenoxy) is 1. The van der Waals surface area contributed by atoms with Crippen LogP contribution in [0.3, 0.4) is 0 Å². The highest BCUT2D eigenvalue weighted by atomic mass is 35.5. The van der Waals surface area contributed by atoms with Gasteiger partial charge in [-0.25, -0.2) is 0 Å². The maximum absolute atomic E-state index is 12.9. The van der Waals surface area contributed by atoms with Crippen LogP contribution in [0.4, 0.5) is 17.1 Å². The molecule has 140 valence electrons. The smallest absolute Gasteiger partial charge is 0.311 e. The van der Waals surface area contributed by atoms with Crippen LogP contribution in [0, 0.1) is 10.1 Å². The third-order valence-corrected chi connectivity index (χ3v) is 4.46. The minimum absolute atomic E-state index is 0.117. The standard InChI is InChI=1S/C18H16ClN3O5/c1-18(2)17(24)20-12-5-3-4-6-13(12)21(18)16(23)10-27-15-9-11(19)7-8-14(15)22(25)26/h3-9H,10H2,1-2H3,(H,20,24). The van der Waals surface area contributed by atoms with E-state index in [1.807, 2.05) is 0 Å². The van der Waals surface area contributed by atoms with Gasteiger partial charge < -0.3 is 10.1 Å². The molecule has 2 aromatic carbocycles. The Kier molecular flexibility index (Phi) is 4.75. The van der Waals surface area contributed by atoms with Crippen molar-refractivity contribution in [3.63, 3.8) is 0 Å². The third-order valence-electron chi connectivity index (χ3n) is 4.23. The molecule has 1 aliphatic heterocycles. The molecule has 0 unspecified atom stereocenters. The number of hydrogen-bond donors (Lipinski definition) is 1. The predicted octanol–water partition coefficient (Wildman–Crippen LogP) is 3.39. The number of para-hydroxylation sites is 2. The molecular formula is C18H16ClN3O5. The lowest BCUT2D eigenvalue weighted by Gasteiger charge is -2.41. The highest BCUT2D eigenvalue weighted by molar-refractivity contribution is 6.30.